The summed E-state index contributed by atoms with van der Waals surface area (Å²) in [6, 6.07) is 0. The molecule has 1 aliphatic heterocycles. The molecule has 0 amide bonds. The summed E-state index contributed by atoms with van der Waals surface area (Å²) in [7, 11) is 2.09. The average Bonchev–Trinajstić information content (AvgIpc) is 3.13. The molecule has 0 spiro atoms. The van der Waals surface area contributed by atoms with E-state index in [9.17, 15) is 19.5 Å². The molecule has 306 valence electrons. The van der Waals surface area contributed by atoms with Gasteiger partial charge in [-0.05, 0) is 104 Å². The van der Waals surface area contributed by atoms with Crippen molar-refractivity contribution in [3.63, 3.8) is 0 Å². The van der Waals surface area contributed by atoms with Gasteiger partial charge in [-0.25, -0.2) is 0 Å². The third kappa shape index (κ3) is 23.9. The van der Waals surface area contributed by atoms with Gasteiger partial charge in [0, 0.05) is 0 Å². The van der Waals surface area contributed by atoms with Crippen molar-refractivity contribution >= 4 is 17.9 Å². The molecule has 1 rings (SSSR count). The zero-order valence-corrected chi connectivity index (χ0v) is 34.7. The number of ether oxygens (including phenoxy) is 3. The van der Waals surface area contributed by atoms with Gasteiger partial charge in [0.05, 0.1) is 43.2 Å². The highest BCUT2D eigenvalue weighted by atomic mass is 16.5. The van der Waals surface area contributed by atoms with Crippen LogP contribution in [0.15, 0.2) is 0 Å². The van der Waals surface area contributed by atoms with Crippen LogP contribution in [0.4, 0.5) is 0 Å². The van der Waals surface area contributed by atoms with Crippen LogP contribution < -0.4 is 0 Å². The lowest BCUT2D eigenvalue weighted by molar-refractivity contribution is -0.150. The maximum atomic E-state index is 12.6. The maximum absolute atomic E-state index is 12.6. The molecule has 0 aromatic rings. The maximum Gasteiger partial charge on any atom is 0.309 e. The van der Waals surface area contributed by atoms with Gasteiger partial charge in [-0.3, -0.25) is 14.4 Å². The van der Waals surface area contributed by atoms with Crippen molar-refractivity contribution in [3.05, 3.63) is 0 Å². The van der Waals surface area contributed by atoms with Crippen LogP contribution >= 0.6 is 0 Å². The minimum atomic E-state index is -0.728. The topological polar surface area (TPSA) is 102 Å². The molecule has 0 aliphatic carbocycles. The van der Waals surface area contributed by atoms with E-state index in [1.54, 1.807) is 0 Å². The Morgan fingerprint density at radius 1 is 0.558 bits per heavy atom. The number of rotatable bonds is 34. The summed E-state index contributed by atoms with van der Waals surface area (Å²) in [5.74, 6) is -0.00585. The van der Waals surface area contributed by atoms with E-state index >= 15 is 0 Å². The molecule has 1 aliphatic rings. The lowest BCUT2D eigenvalue weighted by Crippen LogP contribution is -2.34. The monoisotopic (exact) mass is 738 g/mol. The summed E-state index contributed by atoms with van der Waals surface area (Å²) in [4.78, 5) is 40.0. The Bertz CT molecular complexity index is 842. The predicted molar refractivity (Wildman–Crippen MR) is 213 cm³/mol. The molecule has 0 aromatic heterocycles. The van der Waals surface area contributed by atoms with Crippen LogP contribution in [0.1, 0.15) is 201 Å². The summed E-state index contributed by atoms with van der Waals surface area (Å²) in [6.45, 7) is 11.9. The summed E-state index contributed by atoms with van der Waals surface area (Å²) >= 11 is 0. The second-order valence-corrected chi connectivity index (χ2v) is 16.1. The van der Waals surface area contributed by atoms with Crippen LogP contribution in [-0.4, -0.2) is 73.5 Å². The number of carbonyl (C=O) groups excluding carboxylic acids is 3. The van der Waals surface area contributed by atoms with Crippen molar-refractivity contribution in [1.29, 1.82) is 0 Å². The number of nitrogens with zero attached hydrogens (tertiary/aromatic N) is 1. The lowest BCUT2D eigenvalue weighted by atomic mass is 9.85. The Labute approximate surface area is 320 Å². The van der Waals surface area contributed by atoms with E-state index < -0.39 is 5.60 Å². The third-order valence-electron chi connectivity index (χ3n) is 11.1. The summed E-state index contributed by atoms with van der Waals surface area (Å²) in [6.07, 6.45) is 25.7. The van der Waals surface area contributed by atoms with Gasteiger partial charge >= 0.3 is 17.9 Å². The molecule has 8 nitrogen and oxygen atoms in total. The number of piperidine rings is 1. The normalized spacial score (nSPS) is 16.3. The van der Waals surface area contributed by atoms with Gasteiger partial charge in [-0.15, -0.1) is 0 Å². The molecule has 2 atom stereocenters. The standard InChI is InChI=1S/C44H83NO7/c1-6-10-16-26-38(24-8-3)41(46)50-35-21-14-12-18-30-44(49,32-20-23-37-52-43(48)40-28-33-45(5)34-29-40)31-19-13-15-22-36-51-42(47)39(25-9-4)27-17-11-7-2/h38-40,49H,6-37H2,1-5H3. The van der Waals surface area contributed by atoms with Gasteiger partial charge in [0.1, 0.15) is 0 Å². The predicted octanol–water partition coefficient (Wildman–Crippen LogP) is 10.8. The molecule has 1 saturated heterocycles. The molecule has 8 heteroatoms. The van der Waals surface area contributed by atoms with E-state index in [1.807, 2.05) is 0 Å². The Morgan fingerprint density at radius 3 is 1.40 bits per heavy atom. The first-order chi connectivity index (χ1) is 25.2. The number of likely N-dealkylation sites (tertiary alicyclic amines) is 1. The fraction of sp³-hybridized carbons (Fsp3) is 0.932. The summed E-state index contributed by atoms with van der Waals surface area (Å²) in [5, 5.41) is 11.7. The van der Waals surface area contributed by atoms with Crippen molar-refractivity contribution < 1.29 is 33.7 Å². The number of hydrogen-bond donors (Lipinski definition) is 1. The molecular weight excluding hydrogens is 654 g/mol. The second-order valence-electron chi connectivity index (χ2n) is 16.1. The molecule has 1 heterocycles. The second kappa shape index (κ2) is 31.7. The van der Waals surface area contributed by atoms with E-state index in [-0.39, 0.29) is 35.7 Å². The van der Waals surface area contributed by atoms with Crippen LogP contribution in [0.3, 0.4) is 0 Å². The van der Waals surface area contributed by atoms with Gasteiger partial charge in [0.2, 0.25) is 0 Å². The van der Waals surface area contributed by atoms with E-state index in [1.165, 1.54) is 12.8 Å². The molecule has 1 fully saturated rings. The van der Waals surface area contributed by atoms with Crippen LogP contribution in [0.25, 0.3) is 0 Å². The van der Waals surface area contributed by atoms with Gasteiger partial charge in [0.15, 0.2) is 0 Å². The fourth-order valence-corrected chi connectivity index (χ4v) is 7.61. The first-order valence-corrected chi connectivity index (χ1v) is 22.1. The third-order valence-corrected chi connectivity index (χ3v) is 11.1. The molecule has 52 heavy (non-hydrogen) atoms. The van der Waals surface area contributed by atoms with Gasteiger partial charge in [-0.1, -0.05) is 118 Å². The van der Waals surface area contributed by atoms with Crippen LogP contribution in [-0.2, 0) is 28.6 Å². The minimum Gasteiger partial charge on any atom is -0.465 e. The van der Waals surface area contributed by atoms with Gasteiger partial charge < -0.3 is 24.2 Å². The van der Waals surface area contributed by atoms with Crippen molar-refractivity contribution in [2.24, 2.45) is 17.8 Å². The number of esters is 3. The molecular formula is C44H83NO7. The number of carbonyl (C=O) groups is 3. The van der Waals surface area contributed by atoms with E-state index in [0.717, 1.165) is 167 Å². The quantitative estimate of drug-likeness (QED) is 0.0396. The fourth-order valence-electron chi connectivity index (χ4n) is 7.61. The highest BCUT2D eigenvalue weighted by Crippen LogP contribution is 2.29. The van der Waals surface area contributed by atoms with Crippen molar-refractivity contribution in [3.8, 4) is 0 Å². The van der Waals surface area contributed by atoms with Crippen LogP contribution in [0, 0.1) is 17.8 Å². The molecule has 2 unspecified atom stereocenters. The SMILES string of the molecule is CCCCCC(CCC)C(=O)OCCCCCCC(O)(CCCCCCOC(=O)C(CCC)CCCCC)CCCCOC(=O)C1CCN(C)CC1. The molecule has 0 radical (unpaired) electrons. The summed E-state index contributed by atoms with van der Waals surface area (Å²) < 4.78 is 17.0. The largest absolute Gasteiger partial charge is 0.465 e. The molecule has 1 N–H and O–H groups in total. The van der Waals surface area contributed by atoms with E-state index in [0.29, 0.717) is 26.2 Å². The average molecular weight is 738 g/mol. The van der Waals surface area contributed by atoms with Crippen molar-refractivity contribution in [1.82, 2.24) is 4.90 Å². The molecule has 0 bridgehead atoms. The van der Waals surface area contributed by atoms with Crippen LogP contribution in [0.5, 0.6) is 0 Å². The molecule has 0 aromatic carbocycles. The zero-order chi connectivity index (χ0) is 38.3. The number of unbranched alkanes of at least 4 members (excludes halogenated alkanes) is 11. The van der Waals surface area contributed by atoms with E-state index in [2.05, 4.69) is 39.6 Å². The Kier molecular flexibility index (Phi) is 29.4. The van der Waals surface area contributed by atoms with Crippen LogP contribution in [0.2, 0.25) is 0 Å². The Morgan fingerprint density at radius 2 is 0.962 bits per heavy atom. The van der Waals surface area contributed by atoms with Crippen molar-refractivity contribution in [2.75, 3.05) is 40.0 Å². The highest BCUT2D eigenvalue weighted by Gasteiger charge is 2.27. The lowest BCUT2D eigenvalue weighted by Gasteiger charge is -2.29. The number of aliphatic hydroxyl groups is 1. The smallest absolute Gasteiger partial charge is 0.309 e. The van der Waals surface area contributed by atoms with E-state index in [4.69, 9.17) is 14.2 Å². The first kappa shape index (κ1) is 48.3. The Hall–Kier alpha value is -1.67. The first-order valence-electron chi connectivity index (χ1n) is 22.1. The van der Waals surface area contributed by atoms with Crippen molar-refractivity contribution in [2.45, 2.75) is 207 Å². The number of hydrogen-bond acceptors (Lipinski definition) is 8. The highest BCUT2D eigenvalue weighted by molar-refractivity contribution is 5.73. The van der Waals surface area contributed by atoms with Gasteiger partial charge in [0.25, 0.3) is 0 Å². The minimum absolute atomic E-state index is 0.0206. The summed E-state index contributed by atoms with van der Waals surface area (Å²) in [5.41, 5.74) is -0.728. The molecule has 0 saturated carbocycles. The zero-order valence-electron chi connectivity index (χ0n) is 34.7. The Balaban J connectivity index is 2.45. The van der Waals surface area contributed by atoms with Gasteiger partial charge in [-0.2, -0.15) is 0 Å².